The molecule has 1 heterocycles. The molecule has 60 valence electrons. The number of hydrogen-bond acceptors (Lipinski definition) is 2. The first-order valence-electron chi connectivity index (χ1n) is 4.30. The number of rotatable bonds is 0. The second-order valence-electron chi connectivity index (χ2n) is 3.83. The van der Waals surface area contributed by atoms with E-state index in [1.165, 1.54) is 11.3 Å². The van der Waals surface area contributed by atoms with Crippen molar-refractivity contribution in [3.63, 3.8) is 0 Å². The Bertz CT molecular complexity index is 385. The highest BCUT2D eigenvalue weighted by Gasteiger charge is 2.55. The van der Waals surface area contributed by atoms with Crippen molar-refractivity contribution in [2.24, 2.45) is 11.8 Å². The van der Waals surface area contributed by atoms with Crippen molar-refractivity contribution in [3.8, 4) is 6.07 Å². The number of nitrogens with zero attached hydrogens (tertiary/aromatic N) is 2. The van der Waals surface area contributed by atoms with Gasteiger partial charge in [0.05, 0.1) is 5.69 Å². The molecule has 2 aliphatic carbocycles. The van der Waals surface area contributed by atoms with Crippen molar-refractivity contribution >= 4 is 0 Å². The molecule has 2 aliphatic rings. The molecular formula is C9H9N3. The smallest absolute Gasteiger partial charge is 0.138 e. The monoisotopic (exact) mass is 159 g/mol. The zero-order chi connectivity index (χ0) is 8.29. The first kappa shape index (κ1) is 6.24. The highest BCUT2D eigenvalue weighted by Crippen LogP contribution is 2.60. The molecule has 1 N–H and O–H groups in total. The molecule has 0 spiro atoms. The van der Waals surface area contributed by atoms with E-state index in [9.17, 15) is 0 Å². The number of fused-ring (bicyclic) bond motifs is 3. The molecule has 0 bridgehead atoms. The maximum atomic E-state index is 8.74. The fourth-order valence-corrected chi connectivity index (χ4v) is 2.50. The number of hydrogen-bond donors (Lipinski definition) is 1. The average Bonchev–Trinajstić information content (AvgIpc) is 2.52. The maximum Gasteiger partial charge on any atom is 0.138 e. The van der Waals surface area contributed by atoms with Gasteiger partial charge in [0.25, 0.3) is 0 Å². The first-order valence-corrected chi connectivity index (χ1v) is 4.30. The zero-order valence-corrected chi connectivity index (χ0v) is 6.83. The van der Waals surface area contributed by atoms with Crippen molar-refractivity contribution in [1.29, 1.82) is 5.26 Å². The highest BCUT2D eigenvalue weighted by molar-refractivity contribution is 5.45. The van der Waals surface area contributed by atoms with Gasteiger partial charge in [-0.1, -0.05) is 6.92 Å². The van der Waals surface area contributed by atoms with E-state index in [-0.39, 0.29) is 0 Å². The third-order valence-electron chi connectivity index (χ3n) is 3.33. The van der Waals surface area contributed by atoms with Gasteiger partial charge in [0.1, 0.15) is 11.8 Å². The average molecular weight is 159 g/mol. The van der Waals surface area contributed by atoms with Gasteiger partial charge in [-0.25, -0.2) is 0 Å². The van der Waals surface area contributed by atoms with Gasteiger partial charge in [-0.15, -0.1) is 0 Å². The number of H-pyrrole nitrogens is 1. The molecule has 3 atom stereocenters. The minimum Gasteiger partial charge on any atom is -0.267 e. The van der Waals surface area contributed by atoms with Gasteiger partial charge in [-0.2, -0.15) is 10.4 Å². The van der Waals surface area contributed by atoms with E-state index >= 15 is 0 Å². The lowest BCUT2D eigenvalue weighted by Crippen LogP contribution is -1.89. The molecule has 1 aromatic heterocycles. The molecule has 0 aliphatic heterocycles. The Kier molecular flexibility index (Phi) is 0.891. The normalized spacial score (nSPS) is 35.5. The summed E-state index contributed by atoms with van der Waals surface area (Å²) in [7, 11) is 0. The van der Waals surface area contributed by atoms with Crippen LogP contribution in [0.15, 0.2) is 0 Å². The van der Waals surface area contributed by atoms with Crippen LogP contribution in [0.5, 0.6) is 0 Å². The molecule has 1 aromatic rings. The molecular weight excluding hydrogens is 150 g/mol. The topological polar surface area (TPSA) is 52.5 Å². The van der Waals surface area contributed by atoms with Gasteiger partial charge in [0.2, 0.25) is 0 Å². The fourth-order valence-electron chi connectivity index (χ4n) is 2.50. The van der Waals surface area contributed by atoms with E-state index in [0.29, 0.717) is 11.6 Å². The van der Waals surface area contributed by atoms with Crippen LogP contribution in [-0.2, 0) is 6.42 Å². The molecule has 1 saturated carbocycles. The van der Waals surface area contributed by atoms with E-state index in [0.717, 1.165) is 18.3 Å². The highest BCUT2D eigenvalue weighted by atomic mass is 15.1. The summed E-state index contributed by atoms with van der Waals surface area (Å²) < 4.78 is 0. The molecule has 3 nitrogen and oxygen atoms in total. The quantitative estimate of drug-likeness (QED) is 0.618. The summed E-state index contributed by atoms with van der Waals surface area (Å²) in [4.78, 5) is 0. The summed E-state index contributed by atoms with van der Waals surface area (Å²) in [6.07, 6.45) is 1.07. The predicted molar refractivity (Wildman–Crippen MR) is 42.4 cm³/mol. The van der Waals surface area contributed by atoms with Crippen LogP contribution >= 0.6 is 0 Å². The standard InChI is InChI=1S/C9H9N3/c1-4-5-2-6-7(3-10)11-12-9(6)8(4)5/h4-5,8H,2H2,1H3,(H,11,12)/t4-,5+,8-/m1/s1. The Morgan fingerprint density at radius 1 is 1.67 bits per heavy atom. The number of nitrogens with one attached hydrogen (secondary N) is 1. The lowest BCUT2D eigenvalue weighted by Gasteiger charge is -1.94. The minimum absolute atomic E-state index is 0.665. The number of aromatic amines is 1. The lowest BCUT2D eigenvalue weighted by atomic mass is 10.1. The minimum atomic E-state index is 0.665. The zero-order valence-electron chi connectivity index (χ0n) is 6.83. The van der Waals surface area contributed by atoms with Crippen LogP contribution in [0.25, 0.3) is 0 Å². The van der Waals surface area contributed by atoms with Crippen LogP contribution in [0.2, 0.25) is 0 Å². The Hall–Kier alpha value is -1.30. The summed E-state index contributed by atoms with van der Waals surface area (Å²) in [5.74, 6) is 2.26. The molecule has 0 radical (unpaired) electrons. The summed E-state index contributed by atoms with van der Waals surface area (Å²) in [6, 6.07) is 2.15. The Balaban J connectivity index is 2.13. The first-order chi connectivity index (χ1) is 5.83. The number of nitriles is 1. The third kappa shape index (κ3) is 0.513. The SMILES string of the molecule is C[C@@H]1[C@@H]2Cc3c(n[nH]c3C#N)[C@H]12. The van der Waals surface area contributed by atoms with E-state index in [4.69, 9.17) is 5.26 Å². The summed E-state index contributed by atoms with van der Waals surface area (Å²) in [5.41, 5.74) is 3.04. The fraction of sp³-hybridized carbons (Fsp3) is 0.556. The van der Waals surface area contributed by atoms with E-state index < -0.39 is 0 Å². The van der Waals surface area contributed by atoms with Crippen LogP contribution in [0.4, 0.5) is 0 Å². The van der Waals surface area contributed by atoms with Crippen molar-refractivity contribution in [2.45, 2.75) is 19.3 Å². The summed E-state index contributed by atoms with van der Waals surface area (Å²) >= 11 is 0. The molecule has 3 rings (SSSR count). The Labute approximate surface area is 70.4 Å². The van der Waals surface area contributed by atoms with Gasteiger partial charge >= 0.3 is 0 Å². The van der Waals surface area contributed by atoms with E-state index in [1.807, 2.05) is 0 Å². The van der Waals surface area contributed by atoms with Crippen LogP contribution in [-0.4, -0.2) is 10.2 Å². The van der Waals surface area contributed by atoms with E-state index in [2.05, 4.69) is 23.2 Å². The van der Waals surface area contributed by atoms with Gasteiger partial charge in [-0.3, -0.25) is 5.10 Å². The summed E-state index contributed by atoms with van der Waals surface area (Å²) in [5, 5.41) is 15.7. The van der Waals surface area contributed by atoms with Gasteiger partial charge in [-0.05, 0) is 18.3 Å². The van der Waals surface area contributed by atoms with Crippen molar-refractivity contribution in [2.75, 3.05) is 0 Å². The van der Waals surface area contributed by atoms with Gasteiger partial charge < -0.3 is 0 Å². The maximum absolute atomic E-state index is 8.74. The Morgan fingerprint density at radius 2 is 2.50 bits per heavy atom. The van der Waals surface area contributed by atoms with Crippen LogP contribution in [0, 0.1) is 23.2 Å². The lowest BCUT2D eigenvalue weighted by molar-refractivity contribution is 0.751. The van der Waals surface area contributed by atoms with Crippen molar-refractivity contribution in [1.82, 2.24) is 10.2 Å². The van der Waals surface area contributed by atoms with Crippen LogP contribution in [0.1, 0.15) is 29.8 Å². The predicted octanol–water partition coefficient (Wildman–Crippen LogP) is 1.19. The van der Waals surface area contributed by atoms with Crippen molar-refractivity contribution < 1.29 is 0 Å². The second kappa shape index (κ2) is 1.71. The number of aromatic nitrogens is 2. The molecule has 0 unspecified atom stereocenters. The van der Waals surface area contributed by atoms with Gasteiger partial charge in [0, 0.05) is 11.5 Å². The third-order valence-corrected chi connectivity index (χ3v) is 3.33. The van der Waals surface area contributed by atoms with Crippen molar-refractivity contribution in [3.05, 3.63) is 17.0 Å². The Morgan fingerprint density at radius 3 is 3.25 bits per heavy atom. The molecule has 1 fully saturated rings. The summed E-state index contributed by atoms with van der Waals surface area (Å²) in [6.45, 7) is 2.26. The molecule has 0 saturated heterocycles. The molecule has 12 heavy (non-hydrogen) atoms. The largest absolute Gasteiger partial charge is 0.267 e. The molecule has 3 heteroatoms. The second-order valence-corrected chi connectivity index (χ2v) is 3.83. The van der Waals surface area contributed by atoms with Gasteiger partial charge in [0.15, 0.2) is 0 Å². The van der Waals surface area contributed by atoms with Crippen LogP contribution in [0.3, 0.4) is 0 Å². The van der Waals surface area contributed by atoms with Crippen LogP contribution < -0.4 is 0 Å². The van der Waals surface area contributed by atoms with E-state index in [1.54, 1.807) is 0 Å². The molecule has 0 aromatic carbocycles. The molecule has 0 amide bonds.